The molecule has 1 saturated carbocycles. The van der Waals surface area contributed by atoms with Gasteiger partial charge in [-0.2, -0.15) is 17.7 Å². The third-order valence-electron chi connectivity index (χ3n) is 9.47. The van der Waals surface area contributed by atoms with Gasteiger partial charge in [0.15, 0.2) is 0 Å². The minimum absolute atomic E-state index is 0.0277. The number of fused-ring (bicyclic) bond motifs is 3. The maximum absolute atomic E-state index is 14.4. The number of alkyl carbamates (subject to hydrolysis) is 1. The van der Waals surface area contributed by atoms with Crippen LogP contribution in [0.3, 0.4) is 0 Å². The molecule has 3 N–H and O–H groups in total. The van der Waals surface area contributed by atoms with Crippen molar-refractivity contribution in [3.05, 3.63) is 35.4 Å². The summed E-state index contributed by atoms with van der Waals surface area (Å²) in [6, 6.07) is 3.47. The molecule has 4 amide bonds. The van der Waals surface area contributed by atoms with Crippen LogP contribution in [0.5, 0.6) is 6.01 Å². The molecule has 17 heteroatoms. The van der Waals surface area contributed by atoms with Gasteiger partial charge < -0.3 is 25.0 Å². The molecular formula is C35H50ClN7O8S. The van der Waals surface area contributed by atoms with Gasteiger partial charge in [0.1, 0.15) is 34.8 Å². The minimum Gasteiger partial charge on any atom is -0.459 e. The number of halogens is 1. The topological polar surface area (TPSA) is 181 Å². The Morgan fingerprint density at radius 1 is 1.15 bits per heavy atom. The molecule has 1 aliphatic carbocycles. The molecule has 1 aromatic heterocycles. The number of para-hydroxylation sites is 1. The number of hydrogen-bond acceptors (Lipinski definition) is 9. The van der Waals surface area contributed by atoms with E-state index in [2.05, 4.69) is 20.3 Å². The van der Waals surface area contributed by atoms with Gasteiger partial charge in [-0.15, -0.1) is 0 Å². The summed E-state index contributed by atoms with van der Waals surface area (Å²) in [7, 11) is -1.59. The summed E-state index contributed by atoms with van der Waals surface area (Å²) in [6.07, 6.45) is 5.60. The fraction of sp³-hybridized carbons (Fsp3) is 0.629. The van der Waals surface area contributed by atoms with E-state index in [1.54, 1.807) is 26.8 Å². The van der Waals surface area contributed by atoms with Crippen LogP contribution in [0.1, 0.15) is 85.6 Å². The lowest BCUT2D eigenvalue weighted by atomic mass is 10.0. The van der Waals surface area contributed by atoms with E-state index in [4.69, 9.17) is 21.1 Å². The summed E-state index contributed by atoms with van der Waals surface area (Å²) in [5.41, 5.74) is -1.06. The molecular weight excluding hydrogens is 714 g/mol. The Kier molecular flexibility index (Phi) is 11.5. The maximum atomic E-state index is 14.4. The molecule has 5 atom stereocenters. The molecule has 0 spiro atoms. The van der Waals surface area contributed by atoms with E-state index in [0.717, 1.165) is 22.7 Å². The van der Waals surface area contributed by atoms with Crippen molar-refractivity contribution in [1.82, 2.24) is 34.1 Å². The van der Waals surface area contributed by atoms with Crippen molar-refractivity contribution in [3.63, 3.8) is 0 Å². The molecule has 286 valence electrons. The monoisotopic (exact) mass is 763 g/mol. The van der Waals surface area contributed by atoms with E-state index >= 15 is 0 Å². The van der Waals surface area contributed by atoms with Crippen LogP contribution in [0, 0.1) is 5.92 Å². The molecule has 52 heavy (non-hydrogen) atoms. The normalized spacial score (nSPS) is 25.9. The molecule has 2 fully saturated rings. The first-order valence-electron chi connectivity index (χ1n) is 17.7. The van der Waals surface area contributed by atoms with Crippen LogP contribution in [0.2, 0.25) is 5.02 Å². The van der Waals surface area contributed by atoms with Gasteiger partial charge in [-0.05, 0) is 72.4 Å². The zero-order valence-electron chi connectivity index (χ0n) is 30.8. The minimum atomic E-state index is -4.17. The zero-order chi connectivity index (χ0) is 38.2. The molecule has 2 aliphatic heterocycles. The fourth-order valence-electron chi connectivity index (χ4n) is 6.71. The highest BCUT2D eigenvalue weighted by Crippen LogP contribution is 2.46. The van der Waals surface area contributed by atoms with Gasteiger partial charge in [-0.3, -0.25) is 19.0 Å². The molecule has 5 rings (SSSR count). The number of carbonyl (C=O) groups is 4. The first-order chi connectivity index (χ1) is 24.3. The Bertz CT molecular complexity index is 1840. The summed E-state index contributed by atoms with van der Waals surface area (Å²) in [5.74, 6) is -2.50. The number of imidazole rings is 1. The van der Waals surface area contributed by atoms with Gasteiger partial charge in [0, 0.05) is 32.5 Å². The molecule has 0 radical (unpaired) electrons. The second-order valence-corrected chi connectivity index (χ2v) is 17.5. The SMILES string of the molecule is CC(C)n1c(O[C@@H]2C[C@H]3C(=O)N[C@]4(C(=O)NS(=O)(=O)N(C)C)C[C@H]4C=CCCCCC[C@H](NC(=O)OC(C)(C)C)C(=O)N3C2)nc2c(Cl)cccc21. The Morgan fingerprint density at radius 2 is 1.88 bits per heavy atom. The molecule has 3 aliphatic rings. The van der Waals surface area contributed by atoms with Gasteiger partial charge in [0.05, 0.1) is 17.1 Å². The number of nitrogens with one attached hydrogen (secondary N) is 3. The van der Waals surface area contributed by atoms with Crippen molar-refractivity contribution in [2.24, 2.45) is 5.92 Å². The van der Waals surface area contributed by atoms with Gasteiger partial charge in [-0.1, -0.05) is 42.7 Å². The predicted octanol–water partition coefficient (Wildman–Crippen LogP) is 3.83. The maximum Gasteiger partial charge on any atom is 0.408 e. The van der Waals surface area contributed by atoms with E-state index in [9.17, 15) is 27.6 Å². The number of amides is 4. The van der Waals surface area contributed by atoms with Crippen molar-refractivity contribution in [1.29, 1.82) is 0 Å². The quantitative estimate of drug-likeness (QED) is 0.353. The number of hydrogen-bond donors (Lipinski definition) is 3. The molecule has 15 nitrogen and oxygen atoms in total. The van der Waals surface area contributed by atoms with Gasteiger partial charge >= 0.3 is 16.3 Å². The number of allylic oxidation sites excluding steroid dienone is 1. The number of benzene rings is 1. The van der Waals surface area contributed by atoms with E-state index in [1.165, 1.54) is 19.0 Å². The summed E-state index contributed by atoms with van der Waals surface area (Å²) in [5, 5.41) is 6.01. The second-order valence-electron chi connectivity index (χ2n) is 15.2. The molecule has 0 bridgehead atoms. The molecule has 0 unspecified atom stereocenters. The highest BCUT2D eigenvalue weighted by atomic mass is 35.5. The summed E-state index contributed by atoms with van der Waals surface area (Å²) < 4.78 is 42.1. The third-order valence-corrected chi connectivity index (χ3v) is 11.2. The number of aromatic nitrogens is 2. The van der Waals surface area contributed by atoms with Crippen molar-refractivity contribution in [2.75, 3.05) is 20.6 Å². The number of ether oxygens (including phenoxy) is 2. The average Bonchev–Trinajstić information content (AvgIpc) is 3.36. The summed E-state index contributed by atoms with van der Waals surface area (Å²) >= 11 is 6.48. The van der Waals surface area contributed by atoms with Crippen molar-refractivity contribution < 1.29 is 37.1 Å². The van der Waals surface area contributed by atoms with E-state index in [0.29, 0.717) is 29.8 Å². The van der Waals surface area contributed by atoms with Gasteiger partial charge in [0.2, 0.25) is 11.8 Å². The molecule has 1 saturated heterocycles. The zero-order valence-corrected chi connectivity index (χ0v) is 32.3. The van der Waals surface area contributed by atoms with Gasteiger partial charge in [-0.25, -0.2) is 9.52 Å². The summed E-state index contributed by atoms with van der Waals surface area (Å²) in [6.45, 7) is 9.08. The lowest BCUT2D eigenvalue weighted by Crippen LogP contribution is -2.58. The summed E-state index contributed by atoms with van der Waals surface area (Å²) in [4.78, 5) is 61.4. The lowest BCUT2D eigenvalue weighted by molar-refractivity contribution is -0.141. The van der Waals surface area contributed by atoms with Crippen LogP contribution in [-0.4, -0.2) is 101 Å². The predicted molar refractivity (Wildman–Crippen MR) is 195 cm³/mol. The molecule has 3 heterocycles. The Labute approximate surface area is 310 Å². The first kappa shape index (κ1) is 39.3. The first-order valence-corrected chi connectivity index (χ1v) is 19.5. The highest BCUT2D eigenvalue weighted by Gasteiger charge is 2.61. The smallest absolute Gasteiger partial charge is 0.408 e. The van der Waals surface area contributed by atoms with Gasteiger partial charge in [0.25, 0.3) is 11.9 Å². The standard InChI is InChI=1S/C35H50ClN7O8S/c1-21(2)43-26-17-13-15-24(36)28(26)38-32(43)50-23-18-27-29(44)39-35(31(46)40-52(48,49)41(6)7)19-22(35)14-11-9-8-10-12-16-25(30(45)42(27)20-23)37-33(47)51-34(3,4)5/h11,13-15,17,21-23,25,27H,8-10,12,16,18-20H2,1-7H3,(H,37,47)(H,39,44)(H,40,46)/t22-,23-,25+,27+,35-/m1/s1. The Hall–Kier alpha value is -3.89. The van der Waals surface area contributed by atoms with Crippen LogP contribution in [-0.2, 0) is 29.3 Å². The van der Waals surface area contributed by atoms with Crippen LogP contribution in [0.15, 0.2) is 30.4 Å². The average molecular weight is 764 g/mol. The second kappa shape index (κ2) is 15.2. The number of nitrogens with zero attached hydrogens (tertiary/aromatic N) is 4. The Morgan fingerprint density at radius 3 is 2.56 bits per heavy atom. The van der Waals surface area contributed by atoms with Crippen LogP contribution in [0.25, 0.3) is 11.0 Å². The van der Waals surface area contributed by atoms with Crippen molar-refractivity contribution in [2.45, 2.75) is 115 Å². The van der Waals surface area contributed by atoms with Crippen LogP contribution in [0.4, 0.5) is 4.79 Å². The van der Waals surface area contributed by atoms with Crippen LogP contribution < -0.4 is 20.1 Å². The number of carbonyl (C=O) groups excluding carboxylic acids is 4. The lowest BCUT2D eigenvalue weighted by Gasteiger charge is -2.30. The molecule has 1 aromatic carbocycles. The molecule has 2 aromatic rings. The van der Waals surface area contributed by atoms with Crippen LogP contribution >= 0.6 is 11.6 Å². The van der Waals surface area contributed by atoms with Crippen molar-refractivity contribution in [3.8, 4) is 6.01 Å². The fourth-order valence-corrected chi connectivity index (χ4v) is 7.52. The largest absolute Gasteiger partial charge is 0.459 e. The van der Waals surface area contributed by atoms with E-state index in [1.807, 2.05) is 42.7 Å². The number of rotatable bonds is 7. The third kappa shape index (κ3) is 8.66. The highest BCUT2D eigenvalue weighted by molar-refractivity contribution is 7.87. The Balaban J connectivity index is 1.50. The van der Waals surface area contributed by atoms with E-state index < -0.39 is 69.3 Å². The van der Waals surface area contributed by atoms with Crippen molar-refractivity contribution >= 4 is 56.7 Å². The van der Waals surface area contributed by atoms with E-state index in [-0.39, 0.29) is 31.4 Å².